The van der Waals surface area contributed by atoms with Crippen molar-refractivity contribution in [1.82, 2.24) is 9.80 Å². The molecule has 1 fully saturated rings. The summed E-state index contributed by atoms with van der Waals surface area (Å²) in [5.74, 6) is 0.306. The Labute approximate surface area is 172 Å². The van der Waals surface area contributed by atoms with Gasteiger partial charge in [-0.2, -0.15) is 0 Å². The standard InChI is InChI=1S/C23H29N3O3/c1-2-18-7-3-5-9-20(18)24-22(28)17-25-13-15-26(16-14-25)23(29)12-11-19-8-4-6-10-21(19)27/h3-10,27H,2,11-17H2,1H3,(H,24,28). The van der Waals surface area contributed by atoms with E-state index in [1.54, 1.807) is 12.1 Å². The number of aryl methyl sites for hydroxylation is 2. The highest BCUT2D eigenvalue weighted by Gasteiger charge is 2.22. The number of rotatable bonds is 7. The van der Waals surface area contributed by atoms with Crippen molar-refractivity contribution in [3.8, 4) is 5.75 Å². The Bertz CT molecular complexity index is 845. The number of nitrogens with one attached hydrogen (secondary N) is 1. The van der Waals surface area contributed by atoms with Crippen LogP contribution in [0.2, 0.25) is 0 Å². The number of amides is 2. The lowest BCUT2D eigenvalue weighted by atomic mass is 10.1. The van der Waals surface area contributed by atoms with Crippen molar-refractivity contribution in [3.63, 3.8) is 0 Å². The molecule has 0 atom stereocenters. The van der Waals surface area contributed by atoms with Crippen LogP contribution in [0.15, 0.2) is 48.5 Å². The Kier molecular flexibility index (Phi) is 7.25. The lowest BCUT2D eigenvalue weighted by molar-refractivity contribution is -0.133. The van der Waals surface area contributed by atoms with Crippen molar-refractivity contribution >= 4 is 17.5 Å². The summed E-state index contributed by atoms with van der Waals surface area (Å²) in [6.07, 6.45) is 1.79. The molecule has 0 spiro atoms. The minimum Gasteiger partial charge on any atom is -0.508 e. The fourth-order valence-corrected chi connectivity index (χ4v) is 3.62. The molecule has 0 unspecified atom stereocenters. The molecule has 2 N–H and O–H groups in total. The lowest BCUT2D eigenvalue weighted by Crippen LogP contribution is -2.50. The van der Waals surface area contributed by atoms with E-state index in [9.17, 15) is 14.7 Å². The molecule has 29 heavy (non-hydrogen) atoms. The minimum atomic E-state index is -0.0229. The van der Waals surface area contributed by atoms with E-state index >= 15 is 0 Å². The van der Waals surface area contributed by atoms with Crippen molar-refractivity contribution in [2.75, 3.05) is 38.0 Å². The molecule has 1 heterocycles. The number of phenols is 1. The SMILES string of the molecule is CCc1ccccc1NC(=O)CN1CCN(C(=O)CCc2ccccc2O)CC1. The van der Waals surface area contributed by atoms with Crippen LogP contribution in [-0.4, -0.2) is 59.4 Å². The van der Waals surface area contributed by atoms with Gasteiger partial charge < -0.3 is 15.3 Å². The zero-order valence-electron chi connectivity index (χ0n) is 16.9. The van der Waals surface area contributed by atoms with E-state index in [1.807, 2.05) is 41.3 Å². The average Bonchev–Trinajstić information content (AvgIpc) is 2.74. The summed E-state index contributed by atoms with van der Waals surface area (Å²) in [7, 11) is 0. The van der Waals surface area contributed by atoms with Crippen molar-refractivity contribution in [1.29, 1.82) is 0 Å². The summed E-state index contributed by atoms with van der Waals surface area (Å²) in [4.78, 5) is 28.8. The van der Waals surface area contributed by atoms with Crippen LogP contribution in [0.25, 0.3) is 0 Å². The molecular formula is C23H29N3O3. The Morgan fingerprint density at radius 2 is 1.62 bits per heavy atom. The fraction of sp³-hybridized carbons (Fsp3) is 0.391. The third kappa shape index (κ3) is 5.81. The second-order valence-corrected chi connectivity index (χ2v) is 7.34. The van der Waals surface area contributed by atoms with E-state index in [0.29, 0.717) is 45.6 Å². The number of aromatic hydroxyl groups is 1. The second-order valence-electron chi connectivity index (χ2n) is 7.34. The van der Waals surface area contributed by atoms with Crippen LogP contribution in [-0.2, 0) is 22.4 Å². The van der Waals surface area contributed by atoms with Crippen LogP contribution >= 0.6 is 0 Å². The number of anilines is 1. The van der Waals surface area contributed by atoms with Gasteiger partial charge in [-0.1, -0.05) is 43.3 Å². The molecule has 0 radical (unpaired) electrons. The maximum absolute atomic E-state index is 12.5. The molecular weight excluding hydrogens is 366 g/mol. The molecule has 0 aromatic heterocycles. The highest BCUT2D eigenvalue weighted by Crippen LogP contribution is 2.18. The largest absolute Gasteiger partial charge is 0.508 e. The van der Waals surface area contributed by atoms with Crippen molar-refractivity contribution in [2.45, 2.75) is 26.2 Å². The van der Waals surface area contributed by atoms with Gasteiger partial charge in [-0.05, 0) is 36.1 Å². The Morgan fingerprint density at radius 3 is 2.31 bits per heavy atom. The Balaban J connectivity index is 1.42. The number of nitrogens with zero attached hydrogens (tertiary/aromatic N) is 2. The summed E-state index contributed by atoms with van der Waals surface area (Å²) in [6, 6.07) is 15.0. The number of benzene rings is 2. The topological polar surface area (TPSA) is 72.9 Å². The number of carbonyl (C=O) groups excluding carboxylic acids is 2. The normalized spacial score (nSPS) is 14.6. The van der Waals surface area contributed by atoms with Crippen LogP contribution in [0.1, 0.15) is 24.5 Å². The van der Waals surface area contributed by atoms with Gasteiger partial charge in [0.15, 0.2) is 0 Å². The van der Waals surface area contributed by atoms with E-state index in [2.05, 4.69) is 17.1 Å². The van der Waals surface area contributed by atoms with Gasteiger partial charge in [0.2, 0.25) is 11.8 Å². The maximum atomic E-state index is 12.5. The zero-order valence-corrected chi connectivity index (χ0v) is 16.9. The molecule has 154 valence electrons. The summed E-state index contributed by atoms with van der Waals surface area (Å²) in [6.45, 7) is 5.02. The smallest absolute Gasteiger partial charge is 0.238 e. The van der Waals surface area contributed by atoms with E-state index in [1.165, 1.54) is 0 Å². The molecule has 6 heteroatoms. The first-order valence-corrected chi connectivity index (χ1v) is 10.2. The molecule has 0 bridgehead atoms. The average molecular weight is 396 g/mol. The number of piperazine rings is 1. The van der Waals surface area contributed by atoms with Gasteiger partial charge in [0.1, 0.15) is 5.75 Å². The van der Waals surface area contributed by atoms with Gasteiger partial charge in [-0.3, -0.25) is 14.5 Å². The molecule has 2 amide bonds. The van der Waals surface area contributed by atoms with Crippen LogP contribution in [0.4, 0.5) is 5.69 Å². The molecule has 0 saturated carbocycles. The molecule has 2 aromatic carbocycles. The predicted octanol–water partition coefficient (Wildman–Crippen LogP) is 2.67. The number of para-hydroxylation sites is 2. The minimum absolute atomic E-state index is 0.0229. The van der Waals surface area contributed by atoms with Crippen LogP contribution in [0.3, 0.4) is 0 Å². The monoisotopic (exact) mass is 395 g/mol. The van der Waals surface area contributed by atoms with Gasteiger partial charge in [-0.25, -0.2) is 0 Å². The molecule has 2 aromatic rings. The first-order chi connectivity index (χ1) is 14.1. The van der Waals surface area contributed by atoms with E-state index in [4.69, 9.17) is 0 Å². The quantitative estimate of drug-likeness (QED) is 0.756. The summed E-state index contributed by atoms with van der Waals surface area (Å²) in [5.41, 5.74) is 2.79. The second kappa shape index (κ2) is 10.1. The van der Waals surface area contributed by atoms with Crippen LogP contribution in [0.5, 0.6) is 5.75 Å². The van der Waals surface area contributed by atoms with E-state index in [-0.39, 0.29) is 17.6 Å². The maximum Gasteiger partial charge on any atom is 0.238 e. The molecule has 6 nitrogen and oxygen atoms in total. The number of phenolic OH excluding ortho intramolecular Hbond substituents is 1. The number of hydrogen-bond acceptors (Lipinski definition) is 4. The number of hydrogen-bond donors (Lipinski definition) is 2. The zero-order chi connectivity index (χ0) is 20.6. The molecule has 3 rings (SSSR count). The van der Waals surface area contributed by atoms with Gasteiger partial charge in [-0.15, -0.1) is 0 Å². The molecule has 1 saturated heterocycles. The van der Waals surface area contributed by atoms with Crippen LogP contribution < -0.4 is 5.32 Å². The Hall–Kier alpha value is -2.86. The third-order valence-electron chi connectivity index (χ3n) is 5.36. The van der Waals surface area contributed by atoms with Crippen molar-refractivity contribution in [3.05, 3.63) is 59.7 Å². The summed E-state index contributed by atoms with van der Waals surface area (Å²) in [5, 5.41) is 12.8. The predicted molar refractivity (Wildman–Crippen MR) is 114 cm³/mol. The van der Waals surface area contributed by atoms with E-state index in [0.717, 1.165) is 23.2 Å². The van der Waals surface area contributed by atoms with Crippen molar-refractivity contribution < 1.29 is 14.7 Å². The Morgan fingerprint density at radius 1 is 0.966 bits per heavy atom. The van der Waals surface area contributed by atoms with Crippen LogP contribution in [0, 0.1) is 0 Å². The van der Waals surface area contributed by atoms with Crippen molar-refractivity contribution in [2.24, 2.45) is 0 Å². The van der Waals surface area contributed by atoms with E-state index < -0.39 is 0 Å². The molecule has 0 aliphatic carbocycles. The first-order valence-electron chi connectivity index (χ1n) is 10.2. The van der Waals surface area contributed by atoms with Gasteiger partial charge in [0, 0.05) is 38.3 Å². The summed E-state index contributed by atoms with van der Waals surface area (Å²) >= 11 is 0. The lowest BCUT2D eigenvalue weighted by Gasteiger charge is -2.34. The van der Waals surface area contributed by atoms with Gasteiger partial charge >= 0.3 is 0 Å². The first kappa shape index (κ1) is 20.9. The van der Waals surface area contributed by atoms with Gasteiger partial charge in [0.25, 0.3) is 0 Å². The third-order valence-corrected chi connectivity index (χ3v) is 5.36. The molecule has 1 aliphatic rings. The molecule has 1 aliphatic heterocycles. The fourth-order valence-electron chi connectivity index (χ4n) is 3.62. The van der Waals surface area contributed by atoms with Gasteiger partial charge in [0.05, 0.1) is 6.54 Å². The highest BCUT2D eigenvalue weighted by atomic mass is 16.3. The highest BCUT2D eigenvalue weighted by molar-refractivity contribution is 5.93. The summed E-state index contributed by atoms with van der Waals surface area (Å²) < 4.78 is 0. The number of carbonyl (C=O) groups is 2.